The van der Waals surface area contributed by atoms with Gasteiger partial charge in [0, 0.05) is 16.6 Å². The van der Waals surface area contributed by atoms with Crippen molar-refractivity contribution in [2.75, 3.05) is 6.54 Å². The zero-order valence-electron chi connectivity index (χ0n) is 14.4. The number of nitrogens with one attached hydrogen (secondary N) is 2. The van der Waals surface area contributed by atoms with Crippen LogP contribution in [0.3, 0.4) is 0 Å². The van der Waals surface area contributed by atoms with Crippen LogP contribution in [0.15, 0.2) is 36.4 Å². The SMILES string of the molecule is O=C(O)C[C@H]1NCCc2c1[nH]c1ccc(OCc3ccc(Cl)c(Cl)c3)cc21. The van der Waals surface area contributed by atoms with Gasteiger partial charge in [-0.1, -0.05) is 29.3 Å². The van der Waals surface area contributed by atoms with Crippen LogP contribution in [-0.4, -0.2) is 22.6 Å². The fourth-order valence-electron chi connectivity index (χ4n) is 3.52. The van der Waals surface area contributed by atoms with E-state index in [1.54, 1.807) is 12.1 Å². The predicted molar refractivity (Wildman–Crippen MR) is 106 cm³/mol. The van der Waals surface area contributed by atoms with Crippen LogP contribution >= 0.6 is 23.2 Å². The van der Waals surface area contributed by atoms with Gasteiger partial charge in [0.2, 0.25) is 0 Å². The fraction of sp³-hybridized carbons (Fsp3) is 0.250. The number of benzene rings is 2. The minimum Gasteiger partial charge on any atom is -0.489 e. The Morgan fingerprint density at radius 3 is 2.81 bits per heavy atom. The maximum Gasteiger partial charge on any atom is 0.305 e. The quantitative estimate of drug-likeness (QED) is 0.575. The first-order valence-corrected chi connectivity index (χ1v) is 9.43. The lowest BCUT2D eigenvalue weighted by molar-refractivity contribution is -0.137. The number of carboxylic acid groups (broad SMARTS) is 1. The monoisotopic (exact) mass is 404 g/mol. The summed E-state index contributed by atoms with van der Waals surface area (Å²) in [6, 6.07) is 11.1. The summed E-state index contributed by atoms with van der Waals surface area (Å²) in [5.41, 5.74) is 4.04. The smallest absolute Gasteiger partial charge is 0.305 e. The van der Waals surface area contributed by atoms with Crippen LogP contribution in [0.4, 0.5) is 0 Å². The van der Waals surface area contributed by atoms with Crippen LogP contribution in [0.1, 0.15) is 29.3 Å². The Bertz CT molecular complexity index is 1020. The zero-order valence-corrected chi connectivity index (χ0v) is 15.9. The Hall–Kier alpha value is -2.21. The van der Waals surface area contributed by atoms with Gasteiger partial charge < -0.3 is 20.1 Å². The highest BCUT2D eigenvalue weighted by atomic mass is 35.5. The molecule has 1 atom stereocenters. The summed E-state index contributed by atoms with van der Waals surface area (Å²) in [4.78, 5) is 14.5. The number of carboxylic acids is 1. The van der Waals surface area contributed by atoms with E-state index >= 15 is 0 Å². The molecule has 0 saturated heterocycles. The Morgan fingerprint density at radius 2 is 2.04 bits per heavy atom. The molecule has 0 saturated carbocycles. The fourth-order valence-corrected chi connectivity index (χ4v) is 3.84. The molecule has 0 spiro atoms. The molecule has 5 nitrogen and oxygen atoms in total. The Labute approximate surface area is 166 Å². The number of fused-ring (bicyclic) bond motifs is 3. The van der Waals surface area contributed by atoms with Crippen LogP contribution in [-0.2, 0) is 17.8 Å². The van der Waals surface area contributed by atoms with Gasteiger partial charge in [0.25, 0.3) is 0 Å². The van der Waals surface area contributed by atoms with E-state index in [-0.39, 0.29) is 12.5 Å². The summed E-state index contributed by atoms with van der Waals surface area (Å²) in [5, 5.41) is 14.5. The third kappa shape index (κ3) is 3.76. The van der Waals surface area contributed by atoms with E-state index in [0.29, 0.717) is 16.7 Å². The lowest BCUT2D eigenvalue weighted by Gasteiger charge is -2.22. The van der Waals surface area contributed by atoms with Gasteiger partial charge in [-0.3, -0.25) is 4.79 Å². The van der Waals surface area contributed by atoms with Gasteiger partial charge in [-0.2, -0.15) is 0 Å². The molecule has 1 aromatic heterocycles. The molecule has 0 aliphatic carbocycles. The summed E-state index contributed by atoms with van der Waals surface area (Å²) >= 11 is 12.0. The molecule has 0 bridgehead atoms. The lowest BCUT2D eigenvalue weighted by Crippen LogP contribution is -2.31. The van der Waals surface area contributed by atoms with Crippen molar-refractivity contribution in [1.82, 2.24) is 10.3 Å². The van der Waals surface area contributed by atoms with Crippen molar-refractivity contribution < 1.29 is 14.6 Å². The van der Waals surface area contributed by atoms with Crippen molar-refractivity contribution in [3.8, 4) is 5.75 Å². The predicted octanol–water partition coefficient (Wildman–Crippen LogP) is 4.72. The van der Waals surface area contributed by atoms with E-state index in [4.69, 9.17) is 33.0 Å². The summed E-state index contributed by atoms with van der Waals surface area (Å²) in [6.45, 7) is 1.14. The van der Waals surface area contributed by atoms with Crippen LogP contribution in [0.5, 0.6) is 5.75 Å². The van der Waals surface area contributed by atoms with Crippen LogP contribution in [0.25, 0.3) is 10.9 Å². The minimum absolute atomic E-state index is 0.0561. The zero-order chi connectivity index (χ0) is 19.0. The summed E-state index contributed by atoms with van der Waals surface area (Å²) in [6.07, 6.45) is 0.905. The van der Waals surface area contributed by atoms with E-state index in [9.17, 15) is 4.79 Å². The van der Waals surface area contributed by atoms with Gasteiger partial charge in [0.15, 0.2) is 0 Å². The summed E-state index contributed by atoms with van der Waals surface area (Å²) in [5.74, 6) is -0.0617. The number of carbonyl (C=O) groups is 1. The number of hydrogen-bond acceptors (Lipinski definition) is 3. The summed E-state index contributed by atoms with van der Waals surface area (Å²) in [7, 11) is 0. The molecule has 1 aliphatic rings. The number of rotatable bonds is 5. The van der Waals surface area contributed by atoms with Gasteiger partial charge >= 0.3 is 5.97 Å². The Kier molecular flexibility index (Phi) is 5.00. The number of aliphatic carboxylic acids is 1. The molecule has 1 aliphatic heterocycles. The number of aromatic amines is 1. The molecule has 3 aromatic rings. The van der Waals surface area contributed by atoms with Crippen molar-refractivity contribution in [3.05, 3.63) is 63.3 Å². The van der Waals surface area contributed by atoms with Crippen molar-refractivity contribution in [1.29, 1.82) is 0 Å². The maximum atomic E-state index is 11.1. The van der Waals surface area contributed by atoms with E-state index in [2.05, 4.69) is 10.3 Å². The third-order valence-corrected chi connectivity index (χ3v) is 5.53. The van der Waals surface area contributed by atoms with Gasteiger partial charge in [-0.15, -0.1) is 0 Å². The van der Waals surface area contributed by atoms with E-state index < -0.39 is 5.97 Å². The molecule has 4 rings (SSSR count). The van der Waals surface area contributed by atoms with Crippen LogP contribution in [0.2, 0.25) is 10.0 Å². The van der Waals surface area contributed by atoms with E-state index in [1.807, 2.05) is 24.3 Å². The molecule has 0 radical (unpaired) electrons. The highest BCUT2D eigenvalue weighted by Gasteiger charge is 2.25. The highest BCUT2D eigenvalue weighted by molar-refractivity contribution is 6.42. The van der Waals surface area contributed by atoms with Gasteiger partial charge in [-0.25, -0.2) is 0 Å². The number of H-pyrrole nitrogens is 1. The number of aromatic nitrogens is 1. The molecule has 27 heavy (non-hydrogen) atoms. The van der Waals surface area contributed by atoms with Crippen molar-refractivity contribution in [3.63, 3.8) is 0 Å². The molecule has 7 heteroatoms. The van der Waals surface area contributed by atoms with Gasteiger partial charge in [0.1, 0.15) is 12.4 Å². The number of ether oxygens (including phenoxy) is 1. The van der Waals surface area contributed by atoms with Crippen molar-refractivity contribution in [2.24, 2.45) is 0 Å². The normalized spacial score (nSPS) is 16.3. The first kappa shape index (κ1) is 18.2. The summed E-state index contributed by atoms with van der Waals surface area (Å²) < 4.78 is 5.92. The lowest BCUT2D eigenvalue weighted by atomic mass is 9.97. The second-order valence-corrected chi connectivity index (χ2v) is 7.43. The Balaban J connectivity index is 1.58. The maximum absolute atomic E-state index is 11.1. The van der Waals surface area contributed by atoms with Gasteiger partial charge in [0.05, 0.1) is 22.5 Å². The highest BCUT2D eigenvalue weighted by Crippen LogP contribution is 2.33. The topological polar surface area (TPSA) is 74.4 Å². The van der Waals surface area contributed by atoms with Crippen LogP contribution < -0.4 is 10.1 Å². The standard InChI is InChI=1S/C20H18Cl2N2O3/c21-15-3-1-11(7-16(15)22)10-27-12-2-4-17-14(8-12)13-5-6-23-18(9-19(25)26)20(13)24-17/h1-4,7-8,18,23-24H,5-6,9-10H2,(H,25,26)/t18-/m1/s1. The molecule has 0 amide bonds. The first-order chi connectivity index (χ1) is 13.0. The average molecular weight is 405 g/mol. The molecule has 0 unspecified atom stereocenters. The molecule has 0 fully saturated rings. The van der Waals surface area contributed by atoms with E-state index in [1.165, 1.54) is 0 Å². The molecule has 140 valence electrons. The van der Waals surface area contributed by atoms with Crippen LogP contribution in [0, 0.1) is 0 Å². The second kappa shape index (κ2) is 7.43. The third-order valence-electron chi connectivity index (χ3n) is 4.79. The van der Waals surface area contributed by atoms with Crippen molar-refractivity contribution >= 4 is 40.1 Å². The first-order valence-electron chi connectivity index (χ1n) is 8.67. The van der Waals surface area contributed by atoms with Gasteiger partial charge in [-0.05, 0) is 54.4 Å². The molecular weight excluding hydrogens is 387 g/mol. The number of halogens is 2. The Morgan fingerprint density at radius 1 is 1.19 bits per heavy atom. The van der Waals surface area contributed by atoms with E-state index in [0.717, 1.165) is 46.4 Å². The van der Waals surface area contributed by atoms with Crippen molar-refractivity contribution in [2.45, 2.75) is 25.5 Å². The number of hydrogen-bond donors (Lipinski definition) is 3. The molecule has 2 heterocycles. The molecular formula is C20H18Cl2N2O3. The average Bonchev–Trinajstić information content (AvgIpc) is 3.01. The largest absolute Gasteiger partial charge is 0.489 e. The molecule has 2 aromatic carbocycles. The molecule has 3 N–H and O–H groups in total. The second-order valence-electron chi connectivity index (χ2n) is 6.62. The minimum atomic E-state index is -0.815.